The van der Waals surface area contributed by atoms with Crippen molar-refractivity contribution in [2.24, 2.45) is 0 Å². The second-order valence-corrected chi connectivity index (χ2v) is 8.15. The van der Waals surface area contributed by atoms with E-state index in [1.807, 2.05) is 17.0 Å². The van der Waals surface area contributed by atoms with E-state index in [1.54, 1.807) is 6.26 Å². The zero-order valence-corrected chi connectivity index (χ0v) is 17.7. The zero-order chi connectivity index (χ0) is 20.9. The molecule has 2 aliphatic rings. The van der Waals surface area contributed by atoms with Gasteiger partial charge in [-0.3, -0.25) is 0 Å². The summed E-state index contributed by atoms with van der Waals surface area (Å²) < 4.78 is 17.3. The number of amides is 2. The van der Waals surface area contributed by atoms with Gasteiger partial charge in [0.1, 0.15) is 17.7 Å². The van der Waals surface area contributed by atoms with Crippen LogP contribution in [0.3, 0.4) is 0 Å². The highest BCUT2D eigenvalue weighted by molar-refractivity contribution is 5.74. The molecule has 2 amide bonds. The van der Waals surface area contributed by atoms with E-state index in [1.165, 1.54) is 0 Å². The van der Waals surface area contributed by atoms with Crippen LogP contribution in [0.1, 0.15) is 55.4 Å². The van der Waals surface area contributed by atoms with Crippen molar-refractivity contribution in [3.05, 3.63) is 41.2 Å². The highest BCUT2D eigenvalue weighted by Gasteiger charge is 2.27. The van der Waals surface area contributed by atoms with Gasteiger partial charge in [0.25, 0.3) is 0 Å². The highest BCUT2D eigenvalue weighted by Crippen LogP contribution is 2.27. The second-order valence-electron chi connectivity index (χ2n) is 8.15. The van der Waals surface area contributed by atoms with Crippen LogP contribution in [0.25, 0.3) is 0 Å². The molecular weight excluding hydrogens is 384 g/mol. The molecule has 2 aliphatic heterocycles. The van der Waals surface area contributed by atoms with Crippen LogP contribution in [0.2, 0.25) is 0 Å². The molecule has 0 saturated carbocycles. The van der Waals surface area contributed by atoms with Crippen LogP contribution in [-0.4, -0.2) is 53.3 Å². The SMILES string of the molecule is CC(C)c1nc2c(c(OC3CCCN(C(=O)NCc4ccco4)C3)n1)CCOCC2. The molecule has 162 valence electrons. The molecule has 30 heavy (non-hydrogen) atoms. The van der Waals surface area contributed by atoms with E-state index >= 15 is 0 Å². The van der Waals surface area contributed by atoms with E-state index in [9.17, 15) is 4.79 Å². The van der Waals surface area contributed by atoms with E-state index in [2.05, 4.69) is 19.2 Å². The van der Waals surface area contributed by atoms with Crippen LogP contribution in [-0.2, 0) is 24.1 Å². The van der Waals surface area contributed by atoms with Gasteiger partial charge in [-0.2, -0.15) is 4.98 Å². The number of nitrogens with one attached hydrogen (secondary N) is 1. The summed E-state index contributed by atoms with van der Waals surface area (Å²) in [6.07, 6.45) is 4.84. The van der Waals surface area contributed by atoms with Gasteiger partial charge in [0.15, 0.2) is 0 Å². The third kappa shape index (κ3) is 4.92. The average molecular weight is 415 g/mol. The number of carbonyl (C=O) groups is 1. The normalized spacial score (nSPS) is 19.3. The van der Waals surface area contributed by atoms with Gasteiger partial charge >= 0.3 is 6.03 Å². The number of piperidine rings is 1. The lowest BCUT2D eigenvalue weighted by Crippen LogP contribution is -2.48. The fraction of sp³-hybridized carbons (Fsp3) is 0.591. The summed E-state index contributed by atoms with van der Waals surface area (Å²) in [6.45, 7) is 7.14. The van der Waals surface area contributed by atoms with Crippen LogP contribution in [0.15, 0.2) is 22.8 Å². The lowest BCUT2D eigenvalue weighted by atomic mass is 10.1. The molecule has 0 aromatic carbocycles. The van der Waals surface area contributed by atoms with E-state index in [4.69, 9.17) is 23.9 Å². The number of nitrogens with zero attached hydrogens (tertiary/aromatic N) is 3. The van der Waals surface area contributed by atoms with Gasteiger partial charge in [-0.05, 0) is 25.0 Å². The largest absolute Gasteiger partial charge is 0.472 e. The Balaban J connectivity index is 1.44. The Labute approximate surface area is 177 Å². The maximum atomic E-state index is 12.6. The van der Waals surface area contributed by atoms with E-state index < -0.39 is 0 Å². The van der Waals surface area contributed by atoms with Crippen molar-refractivity contribution in [3.63, 3.8) is 0 Å². The molecule has 0 spiro atoms. The Bertz CT molecular complexity index is 853. The zero-order valence-electron chi connectivity index (χ0n) is 17.7. The minimum absolute atomic E-state index is 0.0868. The van der Waals surface area contributed by atoms with E-state index in [-0.39, 0.29) is 18.1 Å². The monoisotopic (exact) mass is 414 g/mol. The van der Waals surface area contributed by atoms with Gasteiger partial charge < -0.3 is 24.1 Å². The Hall–Kier alpha value is -2.61. The summed E-state index contributed by atoms with van der Waals surface area (Å²) >= 11 is 0. The number of carbonyl (C=O) groups excluding carboxylic acids is 1. The van der Waals surface area contributed by atoms with Crippen LogP contribution in [0.4, 0.5) is 4.79 Å². The molecule has 4 heterocycles. The van der Waals surface area contributed by atoms with Crippen molar-refractivity contribution in [2.75, 3.05) is 26.3 Å². The van der Waals surface area contributed by atoms with Gasteiger partial charge in [0.05, 0.1) is 38.3 Å². The predicted octanol–water partition coefficient (Wildman–Crippen LogP) is 3.06. The first-order valence-corrected chi connectivity index (χ1v) is 10.8. The number of fused-ring (bicyclic) bond motifs is 1. The number of likely N-dealkylation sites (tertiary alicyclic amines) is 1. The summed E-state index contributed by atoms with van der Waals surface area (Å²) in [5.41, 5.74) is 2.08. The molecule has 1 saturated heterocycles. The molecular formula is C22H30N4O4. The standard InChI is InChI=1S/C22H30N4O4/c1-15(2)20-24-19-8-12-28-11-7-18(19)21(25-20)30-17-5-3-9-26(14-17)22(27)23-13-16-6-4-10-29-16/h4,6,10,15,17H,3,5,7-9,11-14H2,1-2H3,(H,23,27). The van der Waals surface area contributed by atoms with Crippen LogP contribution < -0.4 is 10.1 Å². The van der Waals surface area contributed by atoms with Crippen LogP contribution in [0, 0.1) is 0 Å². The molecule has 1 fully saturated rings. The topological polar surface area (TPSA) is 89.7 Å². The number of furan rings is 1. The number of aromatic nitrogens is 2. The maximum Gasteiger partial charge on any atom is 0.317 e. The predicted molar refractivity (Wildman–Crippen MR) is 111 cm³/mol. The first kappa shape index (κ1) is 20.7. The van der Waals surface area contributed by atoms with Crippen LogP contribution in [0.5, 0.6) is 5.88 Å². The third-order valence-electron chi connectivity index (χ3n) is 5.51. The third-order valence-corrected chi connectivity index (χ3v) is 5.51. The first-order valence-electron chi connectivity index (χ1n) is 10.8. The first-order chi connectivity index (χ1) is 14.6. The molecule has 2 aromatic heterocycles. The number of urea groups is 1. The van der Waals surface area contributed by atoms with Crippen molar-refractivity contribution in [3.8, 4) is 5.88 Å². The van der Waals surface area contributed by atoms with Gasteiger partial charge in [-0.15, -0.1) is 0 Å². The summed E-state index contributed by atoms with van der Waals surface area (Å²) in [4.78, 5) is 23.9. The minimum atomic E-state index is -0.0996. The molecule has 4 rings (SSSR count). The highest BCUT2D eigenvalue weighted by atomic mass is 16.5. The molecule has 1 N–H and O–H groups in total. The summed E-state index contributed by atoms with van der Waals surface area (Å²) in [6, 6.07) is 3.56. The van der Waals surface area contributed by atoms with Gasteiger partial charge in [-0.25, -0.2) is 9.78 Å². The maximum absolute atomic E-state index is 12.6. The molecule has 2 aromatic rings. The number of rotatable bonds is 5. The van der Waals surface area contributed by atoms with Crippen molar-refractivity contribution in [1.29, 1.82) is 0 Å². The van der Waals surface area contributed by atoms with Crippen molar-refractivity contribution < 1.29 is 18.7 Å². The van der Waals surface area contributed by atoms with E-state index in [0.29, 0.717) is 32.2 Å². The fourth-order valence-electron chi connectivity index (χ4n) is 3.85. The number of hydrogen-bond donors (Lipinski definition) is 1. The Morgan fingerprint density at radius 2 is 2.20 bits per heavy atom. The second kappa shape index (κ2) is 9.47. The smallest absolute Gasteiger partial charge is 0.317 e. The lowest BCUT2D eigenvalue weighted by molar-refractivity contribution is 0.0957. The Kier molecular flexibility index (Phi) is 6.52. The van der Waals surface area contributed by atoms with Crippen molar-refractivity contribution >= 4 is 6.03 Å². The molecule has 0 bridgehead atoms. The van der Waals surface area contributed by atoms with Crippen molar-refractivity contribution in [2.45, 2.75) is 58.1 Å². The molecule has 8 heteroatoms. The quantitative estimate of drug-likeness (QED) is 0.809. The van der Waals surface area contributed by atoms with Gasteiger partial charge in [0.2, 0.25) is 5.88 Å². The number of ether oxygens (including phenoxy) is 2. The van der Waals surface area contributed by atoms with Gasteiger partial charge in [-0.1, -0.05) is 13.8 Å². The average Bonchev–Trinajstić information content (AvgIpc) is 3.15. The fourth-order valence-corrected chi connectivity index (χ4v) is 3.85. The van der Waals surface area contributed by atoms with Crippen molar-refractivity contribution in [1.82, 2.24) is 20.2 Å². The summed E-state index contributed by atoms with van der Waals surface area (Å²) in [7, 11) is 0. The molecule has 1 atom stereocenters. The molecule has 0 radical (unpaired) electrons. The Morgan fingerprint density at radius 1 is 1.33 bits per heavy atom. The van der Waals surface area contributed by atoms with E-state index in [0.717, 1.165) is 55.1 Å². The van der Waals surface area contributed by atoms with Crippen LogP contribution >= 0.6 is 0 Å². The molecule has 0 aliphatic carbocycles. The lowest BCUT2D eigenvalue weighted by Gasteiger charge is -2.33. The van der Waals surface area contributed by atoms with Gasteiger partial charge in [0, 0.05) is 30.9 Å². The summed E-state index contributed by atoms with van der Waals surface area (Å²) in [5.74, 6) is 2.42. The molecule has 8 nitrogen and oxygen atoms in total. The Morgan fingerprint density at radius 3 is 3.00 bits per heavy atom. The molecule has 1 unspecified atom stereocenters. The summed E-state index contributed by atoms with van der Waals surface area (Å²) in [5, 5.41) is 2.92. The number of hydrogen-bond acceptors (Lipinski definition) is 6. The minimum Gasteiger partial charge on any atom is -0.472 e.